The van der Waals surface area contributed by atoms with E-state index in [2.05, 4.69) is 4.98 Å². The summed E-state index contributed by atoms with van der Waals surface area (Å²) in [7, 11) is 1.59. The summed E-state index contributed by atoms with van der Waals surface area (Å²) in [5.74, 6) is -0.346. The molecular formula is C22H21FN4O2. The van der Waals surface area contributed by atoms with Gasteiger partial charge in [-0.05, 0) is 42.0 Å². The molecule has 1 amide bonds. The van der Waals surface area contributed by atoms with E-state index in [0.717, 1.165) is 28.1 Å². The Hall–Kier alpha value is -3.32. The van der Waals surface area contributed by atoms with Crippen molar-refractivity contribution in [2.75, 3.05) is 20.3 Å². The van der Waals surface area contributed by atoms with Crippen LogP contribution in [-0.2, 0) is 22.6 Å². The van der Waals surface area contributed by atoms with Gasteiger partial charge in [0.15, 0.2) is 0 Å². The molecule has 1 aliphatic heterocycles. The van der Waals surface area contributed by atoms with E-state index in [4.69, 9.17) is 9.84 Å². The van der Waals surface area contributed by atoms with E-state index in [-0.39, 0.29) is 11.7 Å². The molecular weight excluding hydrogens is 371 g/mol. The molecule has 1 aliphatic rings. The lowest BCUT2D eigenvalue weighted by Crippen LogP contribution is -2.37. The first-order chi connectivity index (χ1) is 14.2. The molecule has 0 saturated heterocycles. The molecule has 0 N–H and O–H groups in total. The molecule has 0 atom stereocenters. The number of fused-ring (bicyclic) bond motifs is 1. The molecule has 0 unspecified atom stereocenters. The number of rotatable bonds is 5. The highest BCUT2D eigenvalue weighted by atomic mass is 19.1. The quantitative estimate of drug-likeness (QED) is 0.625. The number of amides is 1. The van der Waals surface area contributed by atoms with Gasteiger partial charge in [-0.1, -0.05) is 6.08 Å². The summed E-state index contributed by atoms with van der Waals surface area (Å²) < 4.78 is 20.3. The molecule has 3 heterocycles. The van der Waals surface area contributed by atoms with Crippen LogP contribution < -0.4 is 0 Å². The zero-order valence-corrected chi connectivity index (χ0v) is 16.1. The third kappa shape index (κ3) is 3.95. The van der Waals surface area contributed by atoms with Gasteiger partial charge in [-0.25, -0.2) is 4.39 Å². The zero-order chi connectivity index (χ0) is 20.2. The fourth-order valence-corrected chi connectivity index (χ4v) is 3.49. The number of pyridine rings is 1. The number of hydrogen-bond donors (Lipinski definition) is 0. The minimum absolute atomic E-state index is 0.0569. The number of ether oxygens (including phenoxy) is 1. The molecule has 0 fully saturated rings. The topological polar surface area (TPSA) is 60.2 Å². The van der Waals surface area contributed by atoms with E-state index in [9.17, 15) is 9.18 Å². The predicted octanol–water partition coefficient (Wildman–Crippen LogP) is 3.30. The van der Waals surface area contributed by atoms with E-state index < -0.39 is 0 Å². The average molecular weight is 392 g/mol. The first-order valence-electron chi connectivity index (χ1n) is 9.38. The lowest BCUT2D eigenvalue weighted by Gasteiger charge is -2.27. The van der Waals surface area contributed by atoms with Crippen molar-refractivity contribution < 1.29 is 13.9 Å². The molecule has 3 aromatic rings. The highest BCUT2D eigenvalue weighted by molar-refractivity contribution is 5.88. The number of aromatic nitrogens is 3. The molecule has 0 bridgehead atoms. The second-order valence-electron chi connectivity index (χ2n) is 6.75. The second-order valence-corrected chi connectivity index (χ2v) is 6.75. The normalized spacial score (nSPS) is 13.7. The molecule has 4 rings (SSSR count). The van der Waals surface area contributed by atoms with E-state index in [0.29, 0.717) is 26.2 Å². The van der Waals surface area contributed by atoms with Gasteiger partial charge >= 0.3 is 0 Å². The van der Waals surface area contributed by atoms with Crippen molar-refractivity contribution in [2.45, 2.75) is 13.1 Å². The van der Waals surface area contributed by atoms with Crippen LogP contribution in [-0.4, -0.2) is 45.8 Å². The van der Waals surface area contributed by atoms with Crippen molar-refractivity contribution in [1.29, 1.82) is 0 Å². The maximum Gasteiger partial charge on any atom is 0.246 e. The van der Waals surface area contributed by atoms with E-state index in [1.165, 1.54) is 12.1 Å². The summed E-state index contributed by atoms with van der Waals surface area (Å²) in [5, 5.41) is 4.79. The summed E-state index contributed by atoms with van der Waals surface area (Å²) in [6.45, 7) is 2.01. The molecule has 0 radical (unpaired) electrons. The van der Waals surface area contributed by atoms with Crippen molar-refractivity contribution in [1.82, 2.24) is 19.7 Å². The molecule has 0 spiro atoms. The van der Waals surface area contributed by atoms with E-state index in [1.807, 2.05) is 16.8 Å². The Balaban J connectivity index is 1.75. The summed E-state index contributed by atoms with van der Waals surface area (Å²) in [6, 6.07) is 10.2. The highest BCUT2D eigenvalue weighted by Gasteiger charge is 2.27. The van der Waals surface area contributed by atoms with Crippen molar-refractivity contribution in [3.63, 3.8) is 0 Å². The fraction of sp³-hybridized carbons (Fsp3) is 0.227. The molecule has 148 valence electrons. The van der Waals surface area contributed by atoms with E-state index >= 15 is 0 Å². The van der Waals surface area contributed by atoms with Gasteiger partial charge in [-0.15, -0.1) is 0 Å². The van der Waals surface area contributed by atoms with Crippen LogP contribution in [0, 0.1) is 5.82 Å². The Morgan fingerprint density at radius 2 is 1.90 bits per heavy atom. The Morgan fingerprint density at radius 3 is 2.62 bits per heavy atom. The first kappa shape index (κ1) is 19.0. The van der Waals surface area contributed by atoms with Crippen molar-refractivity contribution >= 4 is 5.91 Å². The smallest absolute Gasteiger partial charge is 0.246 e. The standard InChI is InChI=1S/C22H21FN4O2/c1-29-14-2-3-20(28)26-12-13-27-19(15-26)21(16-8-10-24-11-9-16)22(25-27)17-4-6-18(23)7-5-17/h2-11H,12-15H2,1H3/b3-2+. The molecule has 29 heavy (non-hydrogen) atoms. The van der Waals surface area contributed by atoms with Gasteiger partial charge in [0.1, 0.15) is 11.5 Å². The molecule has 0 aliphatic carbocycles. The second kappa shape index (κ2) is 8.36. The van der Waals surface area contributed by atoms with Crippen LogP contribution in [0.25, 0.3) is 22.4 Å². The summed E-state index contributed by atoms with van der Waals surface area (Å²) in [6.07, 6.45) is 6.71. The van der Waals surface area contributed by atoms with Gasteiger partial charge in [0.2, 0.25) is 5.91 Å². The van der Waals surface area contributed by atoms with Crippen LogP contribution in [0.3, 0.4) is 0 Å². The average Bonchev–Trinajstić information content (AvgIpc) is 3.13. The van der Waals surface area contributed by atoms with Crippen molar-refractivity contribution in [3.8, 4) is 22.4 Å². The van der Waals surface area contributed by atoms with Gasteiger partial charge in [0.25, 0.3) is 0 Å². The number of carbonyl (C=O) groups excluding carboxylic acids is 1. The number of halogens is 1. The largest absolute Gasteiger partial charge is 0.381 e. The summed E-state index contributed by atoms with van der Waals surface area (Å²) in [4.78, 5) is 18.4. The third-order valence-electron chi connectivity index (χ3n) is 4.90. The first-order valence-corrected chi connectivity index (χ1v) is 9.38. The van der Waals surface area contributed by atoms with Gasteiger partial charge < -0.3 is 9.64 Å². The molecule has 0 saturated carbocycles. The number of methoxy groups -OCH3 is 1. The molecule has 2 aromatic heterocycles. The lowest BCUT2D eigenvalue weighted by molar-refractivity contribution is -0.127. The number of nitrogens with zero attached hydrogens (tertiary/aromatic N) is 4. The Labute approximate surface area is 168 Å². The number of carbonyl (C=O) groups is 1. The predicted molar refractivity (Wildman–Crippen MR) is 107 cm³/mol. The Morgan fingerprint density at radius 1 is 1.14 bits per heavy atom. The van der Waals surface area contributed by atoms with Crippen LogP contribution in [0.1, 0.15) is 5.69 Å². The molecule has 1 aromatic carbocycles. The van der Waals surface area contributed by atoms with Gasteiger partial charge in [0.05, 0.1) is 25.4 Å². The van der Waals surface area contributed by atoms with Crippen molar-refractivity contribution in [2.24, 2.45) is 0 Å². The SMILES string of the molecule is COC/C=C/C(=O)N1CCn2nc(-c3ccc(F)cc3)c(-c3ccncc3)c2C1. The van der Waals surface area contributed by atoms with E-state index in [1.54, 1.807) is 48.7 Å². The van der Waals surface area contributed by atoms with Gasteiger partial charge in [-0.3, -0.25) is 14.5 Å². The molecule has 6 nitrogen and oxygen atoms in total. The Bertz CT molecular complexity index is 1030. The van der Waals surface area contributed by atoms with Crippen LogP contribution in [0.4, 0.5) is 4.39 Å². The number of hydrogen-bond acceptors (Lipinski definition) is 4. The van der Waals surface area contributed by atoms with Gasteiger partial charge in [0, 0.05) is 43.3 Å². The zero-order valence-electron chi connectivity index (χ0n) is 16.1. The highest BCUT2D eigenvalue weighted by Crippen LogP contribution is 2.36. The minimum atomic E-state index is -0.289. The fourth-order valence-electron chi connectivity index (χ4n) is 3.49. The number of benzene rings is 1. The summed E-state index contributed by atoms with van der Waals surface area (Å²) >= 11 is 0. The molecule has 7 heteroatoms. The summed E-state index contributed by atoms with van der Waals surface area (Å²) in [5.41, 5.74) is 4.46. The lowest BCUT2D eigenvalue weighted by atomic mass is 9.99. The van der Waals surface area contributed by atoms with Crippen LogP contribution in [0.2, 0.25) is 0 Å². The van der Waals surface area contributed by atoms with Crippen LogP contribution in [0.5, 0.6) is 0 Å². The third-order valence-corrected chi connectivity index (χ3v) is 4.90. The maximum absolute atomic E-state index is 13.4. The van der Waals surface area contributed by atoms with Crippen molar-refractivity contribution in [3.05, 3.63) is 72.5 Å². The maximum atomic E-state index is 13.4. The van der Waals surface area contributed by atoms with Crippen LogP contribution >= 0.6 is 0 Å². The monoisotopic (exact) mass is 392 g/mol. The Kier molecular flexibility index (Phi) is 5.48. The minimum Gasteiger partial charge on any atom is -0.381 e. The van der Waals surface area contributed by atoms with Gasteiger partial charge in [-0.2, -0.15) is 5.10 Å². The van der Waals surface area contributed by atoms with Crippen LogP contribution in [0.15, 0.2) is 60.9 Å².